The average molecular weight is 316 g/mol. The van der Waals surface area contributed by atoms with Crippen molar-refractivity contribution in [3.8, 4) is 5.75 Å². The van der Waals surface area contributed by atoms with Gasteiger partial charge in [-0.2, -0.15) is 4.98 Å². The fourth-order valence-electron chi connectivity index (χ4n) is 2.98. The van der Waals surface area contributed by atoms with Gasteiger partial charge in [0.05, 0.1) is 13.2 Å². The highest BCUT2D eigenvalue weighted by atomic mass is 16.5. The zero-order valence-electron chi connectivity index (χ0n) is 14.0. The number of piperazine rings is 1. The molecular weight excluding hydrogens is 292 g/mol. The van der Waals surface area contributed by atoms with Gasteiger partial charge >= 0.3 is 0 Å². The molecule has 0 spiro atoms. The summed E-state index contributed by atoms with van der Waals surface area (Å²) in [6, 6.07) is 8.46. The van der Waals surface area contributed by atoms with E-state index in [0.717, 1.165) is 38.5 Å². The van der Waals surface area contributed by atoms with E-state index in [2.05, 4.69) is 39.0 Å². The number of ether oxygens (including phenoxy) is 1. The summed E-state index contributed by atoms with van der Waals surface area (Å²) < 4.78 is 10.6. The van der Waals surface area contributed by atoms with Crippen LogP contribution in [0, 0.1) is 6.92 Å². The molecule has 1 aromatic heterocycles. The lowest BCUT2D eigenvalue weighted by Gasteiger charge is -2.36. The highest BCUT2D eigenvalue weighted by molar-refractivity contribution is 5.28. The molecule has 0 saturated carbocycles. The topological polar surface area (TPSA) is 54.6 Å². The molecule has 124 valence electrons. The van der Waals surface area contributed by atoms with E-state index in [0.29, 0.717) is 11.7 Å². The van der Waals surface area contributed by atoms with Crippen molar-refractivity contribution in [1.29, 1.82) is 0 Å². The molecule has 2 heterocycles. The highest BCUT2D eigenvalue weighted by Crippen LogP contribution is 2.21. The van der Waals surface area contributed by atoms with Gasteiger partial charge < -0.3 is 9.26 Å². The summed E-state index contributed by atoms with van der Waals surface area (Å²) >= 11 is 0. The third kappa shape index (κ3) is 3.89. The lowest BCUT2D eigenvalue weighted by atomic mass is 10.1. The Bertz CT molecular complexity index is 635. The first kappa shape index (κ1) is 16.0. The number of aryl methyl sites for hydroxylation is 1. The van der Waals surface area contributed by atoms with E-state index in [9.17, 15) is 0 Å². The molecule has 0 bridgehead atoms. The van der Waals surface area contributed by atoms with Gasteiger partial charge in [-0.3, -0.25) is 9.80 Å². The van der Waals surface area contributed by atoms with Crippen LogP contribution < -0.4 is 4.74 Å². The maximum Gasteiger partial charge on any atom is 0.243 e. The van der Waals surface area contributed by atoms with Crippen LogP contribution in [0.5, 0.6) is 5.75 Å². The van der Waals surface area contributed by atoms with E-state index < -0.39 is 0 Å². The summed E-state index contributed by atoms with van der Waals surface area (Å²) in [6.07, 6.45) is 0. The fourth-order valence-corrected chi connectivity index (χ4v) is 2.98. The third-order valence-corrected chi connectivity index (χ3v) is 4.40. The molecular formula is C17H24N4O2. The Hall–Kier alpha value is -1.92. The smallest absolute Gasteiger partial charge is 0.243 e. The molecule has 1 aromatic carbocycles. The molecule has 0 N–H and O–H groups in total. The van der Waals surface area contributed by atoms with E-state index in [1.165, 1.54) is 5.56 Å². The number of hydrogen-bond donors (Lipinski definition) is 0. The molecule has 0 aliphatic carbocycles. The van der Waals surface area contributed by atoms with Crippen LogP contribution in [0.3, 0.4) is 0 Å². The SMILES string of the molecule is COc1cccc(CN2CCN(C(C)c3nc(C)no3)CC2)c1. The van der Waals surface area contributed by atoms with Gasteiger partial charge in [0.25, 0.3) is 0 Å². The van der Waals surface area contributed by atoms with Crippen molar-refractivity contribution in [3.05, 3.63) is 41.5 Å². The van der Waals surface area contributed by atoms with Gasteiger partial charge in [0.15, 0.2) is 5.82 Å². The Balaban J connectivity index is 1.53. The number of aromatic nitrogens is 2. The first-order valence-electron chi connectivity index (χ1n) is 8.05. The zero-order valence-corrected chi connectivity index (χ0v) is 14.0. The molecule has 1 aliphatic heterocycles. The monoisotopic (exact) mass is 316 g/mol. The van der Waals surface area contributed by atoms with E-state index >= 15 is 0 Å². The molecule has 0 amide bonds. The third-order valence-electron chi connectivity index (χ3n) is 4.40. The quantitative estimate of drug-likeness (QED) is 0.843. The largest absolute Gasteiger partial charge is 0.497 e. The maximum absolute atomic E-state index is 5.30. The zero-order chi connectivity index (χ0) is 16.2. The van der Waals surface area contributed by atoms with Crippen molar-refractivity contribution in [2.45, 2.75) is 26.4 Å². The fraction of sp³-hybridized carbons (Fsp3) is 0.529. The number of rotatable bonds is 5. The van der Waals surface area contributed by atoms with Gasteiger partial charge in [0, 0.05) is 32.7 Å². The number of hydrogen-bond acceptors (Lipinski definition) is 6. The second kappa shape index (κ2) is 7.10. The standard InChI is InChI=1S/C17H24N4O2/c1-13(17-18-14(2)19-23-17)21-9-7-20(8-10-21)12-15-5-4-6-16(11-15)22-3/h4-6,11,13H,7-10,12H2,1-3H3. The lowest BCUT2D eigenvalue weighted by Crippen LogP contribution is -2.46. The first-order chi connectivity index (χ1) is 11.2. The van der Waals surface area contributed by atoms with Crippen LogP contribution in [-0.2, 0) is 6.54 Å². The van der Waals surface area contributed by atoms with Crippen LogP contribution in [0.15, 0.2) is 28.8 Å². The molecule has 1 fully saturated rings. The van der Waals surface area contributed by atoms with Crippen molar-refractivity contribution in [3.63, 3.8) is 0 Å². The van der Waals surface area contributed by atoms with Crippen LogP contribution >= 0.6 is 0 Å². The van der Waals surface area contributed by atoms with Gasteiger partial charge in [-0.25, -0.2) is 0 Å². The Labute approximate surface area is 137 Å². The first-order valence-corrected chi connectivity index (χ1v) is 8.05. The second-order valence-corrected chi connectivity index (χ2v) is 6.02. The summed E-state index contributed by atoms with van der Waals surface area (Å²) in [4.78, 5) is 9.21. The molecule has 1 unspecified atom stereocenters. The molecule has 23 heavy (non-hydrogen) atoms. The summed E-state index contributed by atoms with van der Waals surface area (Å²) in [6.45, 7) is 9.03. The predicted molar refractivity (Wildman–Crippen MR) is 87.3 cm³/mol. The van der Waals surface area contributed by atoms with Crippen molar-refractivity contribution >= 4 is 0 Å². The second-order valence-electron chi connectivity index (χ2n) is 6.02. The van der Waals surface area contributed by atoms with Crippen molar-refractivity contribution in [2.24, 2.45) is 0 Å². The highest BCUT2D eigenvalue weighted by Gasteiger charge is 2.25. The van der Waals surface area contributed by atoms with E-state index in [1.54, 1.807) is 7.11 Å². The Kier molecular flexibility index (Phi) is 4.93. The Morgan fingerprint density at radius 1 is 1.26 bits per heavy atom. The van der Waals surface area contributed by atoms with Gasteiger partial charge in [-0.15, -0.1) is 0 Å². The van der Waals surface area contributed by atoms with E-state index in [1.807, 2.05) is 19.1 Å². The predicted octanol–water partition coefficient (Wildman–Crippen LogP) is 2.27. The Morgan fingerprint density at radius 2 is 2.04 bits per heavy atom. The molecule has 3 rings (SSSR count). The molecule has 1 atom stereocenters. The van der Waals surface area contributed by atoms with Crippen LogP contribution in [-0.4, -0.2) is 53.2 Å². The minimum Gasteiger partial charge on any atom is -0.497 e. The van der Waals surface area contributed by atoms with Gasteiger partial charge in [0.2, 0.25) is 5.89 Å². The molecule has 6 heteroatoms. The number of nitrogens with zero attached hydrogens (tertiary/aromatic N) is 4. The van der Waals surface area contributed by atoms with Crippen LogP contribution in [0.2, 0.25) is 0 Å². The van der Waals surface area contributed by atoms with Crippen molar-refractivity contribution in [1.82, 2.24) is 19.9 Å². The molecule has 0 radical (unpaired) electrons. The van der Waals surface area contributed by atoms with E-state index in [-0.39, 0.29) is 6.04 Å². The summed E-state index contributed by atoms with van der Waals surface area (Å²) in [5, 5.41) is 3.88. The molecule has 2 aromatic rings. The minimum atomic E-state index is 0.176. The van der Waals surface area contributed by atoms with Gasteiger partial charge in [-0.1, -0.05) is 17.3 Å². The van der Waals surface area contributed by atoms with Crippen molar-refractivity contribution in [2.75, 3.05) is 33.3 Å². The average Bonchev–Trinajstić information content (AvgIpc) is 3.01. The van der Waals surface area contributed by atoms with Crippen LogP contribution in [0.1, 0.15) is 30.2 Å². The summed E-state index contributed by atoms with van der Waals surface area (Å²) in [5.41, 5.74) is 1.29. The van der Waals surface area contributed by atoms with E-state index in [4.69, 9.17) is 9.26 Å². The maximum atomic E-state index is 5.30. The van der Waals surface area contributed by atoms with Gasteiger partial charge in [0.1, 0.15) is 5.75 Å². The lowest BCUT2D eigenvalue weighted by molar-refractivity contribution is 0.0845. The normalized spacial score (nSPS) is 18.0. The number of methoxy groups -OCH3 is 1. The number of benzene rings is 1. The van der Waals surface area contributed by atoms with Crippen LogP contribution in [0.25, 0.3) is 0 Å². The van der Waals surface area contributed by atoms with Gasteiger partial charge in [-0.05, 0) is 31.5 Å². The van der Waals surface area contributed by atoms with Crippen LogP contribution in [0.4, 0.5) is 0 Å². The Morgan fingerprint density at radius 3 is 2.70 bits per heavy atom. The molecule has 6 nitrogen and oxygen atoms in total. The summed E-state index contributed by atoms with van der Waals surface area (Å²) in [5.74, 6) is 2.33. The minimum absolute atomic E-state index is 0.176. The van der Waals surface area contributed by atoms with Crippen molar-refractivity contribution < 1.29 is 9.26 Å². The molecule has 1 aliphatic rings. The molecule has 1 saturated heterocycles. The summed E-state index contributed by atoms with van der Waals surface area (Å²) in [7, 11) is 1.71.